The Labute approximate surface area is 201 Å². The number of rotatable bonds is 6. The van der Waals surface area contributed by atoms with Crippen LogP contribution in [0.3, 0.4) is 0 Å². The summed E-state index contributed by atoms with van der Waals surface area (Å²) in [5.41, 5.74) is 3.69. The van der Waals surface area contributed by atoms with E-state index in [2.05, 4.69) is 27.2 Å². The maximum Gasteiger partial charge on any atom is 0.103 e. The maximum absolute atomic E-state index is 9.68. The van der Waals surface area contributed by atoms with Crippen LogP contribution in [-0.4, -0.2) is 55.1 Å². The van der Waals surface area contributed by atoms with Crippen LogP contribution in [-0.2, 0) is 0 Å². The van der Waals surface area contributed by atoms with Crippen molar-refractivity contribution in [2.75, 3.05) is 19.6 Å². The molecule has 0 aliphatic carbocycles. The summed E-state index contributed by atoms with van der Waals surface area (Å²) in [5.74, 6) is 0. The number of fused-ring (bicyclic) bond motifs is 1. The van der Waals surface area contributed by atoms with Crippen molar-refractivity contribution in [3.8, 4) is 23.3 Å². The lowest BCUT2D eigenvalue weighted by molar-refractivity contribution is 0.138. The minimum atomic E-state index is -0.340. The predicted molar refractivity (Wildman–Crippen MR) is 128 cm³/mol. The SMILES string of the molecule is C[C@H](O)CN1CC[C@@H](n2cc(-c3cc(Sc4ccccc4C#N)c4c(C#N)cnn4c3)cn2)C1. The van der Waals surface area contributed by atoms with Crippen LogP contribution in [0.4, 0.5) is 0 Å². The molecule has 1 aliphatic heterocycles. The van der Waals surface area contributed by atoms with E-state index in [1.54, 1.807) is 16.8 Å². The van der Waals surface area contributed by atoms with Gasteiger partial charge < -0.3 is 5.11 Å². The number of hydrogen-bond acceptors (Lipinski definition) is 7. The average Bonchev–Trinajstić information content (AvgIpc) is 3.58. The van der Waals surface area contributed by atoms with Crippen molar-refractivity contribution in [1.29, 1.82) is 10.5 Å². The highest BCUT2D eigenvalue weighted by Crippen LogP contribution is 2.37. The molecule has 170 valence electrons. The second kappa shape index (κ2) is 9.32. The highest BCUT2D eigenvalue weighted by Gasteiger charge is 2.25. The minimum absolute atomic E-state index is 0.266. The van der Waals surface area contributed by atoms with Crippen LogP contribution < -0.4 is 0 Å². The fourth-order valence-electron chi connectivity index (χ4n) is 4.42. The van der Waals surface area contributed by atoms with E-state index >= 15 is 0 Å². The van der Waals surface area contributed by atoms with Gasteiger partial charge >= 0.3 is 0 Å². The Morgan fingerprint density at radius 2 is 1.91 bits per heavy atom. The van der Waals surface area contributed by atoms with E-state index in [9.17, 15) is 15.6 Å². The van der Waals surface area contributed by atoms with Crippen LogP contribution in [0.25, 0.3) is 16.6 Å². The molecule has 2 atom stereocenters. The molecule has 0 unspecified atom stereocenters. The van der Waals surface area contributed by atoms with Gasteiger partial charge in [0.1, 0.15) is 12.1 Å². The Hall–Kier alpha value is -3.63. The van der Waals surface area contributed by atoms with E-state index in [1.807, 2.05) is 54.5 Å². The average molecular weight is 470 g/mol. The van der Waals surface area contributed by atoms with Crippen LogP contribution in [0.1, 0.15) is 30.5 Å². The minimum Gasteiger partial charge on any atom is -0.392 e. The number of aromatic nitrogens is 4. The molecule has 9 heteroatoms. The molecule has 4 heterocycles. The molecule has 4 aromatic rings. The maximum atomic E-state index is 9.68. The topological polar surface area (TPSA) is 106 Å². The molecule has 0 saturated carbocycles. The summed E-state index contributed by atoms with van der Waals surface area (Å²) in [6.45, 7) is 4.29. The molecule has 8 nitrogen and oxygen atoms in total. The molecule has 34 heavy (non-hydrogen) atoms. The number of likely N-dealkylation sites (tertiary alicyclic amines) is 1. The third kappa shape index (κ3) is 4.29. The van der Waals surface area contributed by atoms with Gasteiger partial charge in [-0.1, -0.05) is 23.9 Å². The summed E-state index contributed by atoms with van der Waals surface area (Å²) < 4.78 is 3.73. The number of hydrogen-bond donors (Lipinski definition) is 1. The van der Waals surface area contributed by atoms with Crippen LogP contribution in [0, 0.1) is 22.7 Å². The molecule has 0 radical (unpaired) electrons. The molecule has 0 bridgehead atoms. The molecule has 1 N–H and O–H groups in total. The van der Waals surface area contributed by atoms with Gasteiger partial charge in [0.05, 0.1) is 41.2 Å². The normalized spacial score (nSPS) is 17.0. The molecule has 1 saturated heterocycles. The zero-order valence-electron chi connectivity index (χ0n) is 18.7. The zero-order chi connectivity index (χ0) is 23.7. The van der Waals surface area contributed by atoms with Crippen molar-refractivity contribution in [1.82, 2.24) is 24.3 Å². The molecule has 1 aliphatic rings. The van der Waals surface area contributed by atoms with Gasteiger partial charge in [0.25, 0.3) is 0 Å². The monoisotopic (exact) mass is 469 g/mol. The van der Waals surface area contributed by atoms with Crippen LogP contribution in [0.15, 0.2) is 64.9 Å². The van der Waals surface area contributed by atoms with Gasteiger partial charge in [0.2, 0.25) is 0 Å². The number of nitrogens with zero attached hydrogens (tertiary/aromatic N) is 7. The van der Waals surface area contributed by atoms with Crippen molar-refractivity contribution in [2.24, 2.45) is 0 Å². The third-order valence-electron chi connectivity index (χ3n) is 6.00. The van der Waals surface area contributed by atoms with Crippen molar-refractivity contribution in [3.05, 3.63) is 66.2 Å². The first kappa shape index (κ1) is 22.2. The number of pyridine rings is 1. The molecular formula is C25H23N7OS. The van der Waals surface area contributed by atoms with E-state index in [-0.39, 0.29) is 12.1 Å². The van der Waals surface area contributed by atoms with Gasteiger partial charge in [-0.05, 0) is 31.5 Å². The fraction of sp³-hybridized carbons (Fsp3) is 0.280. The lowest BCUT2D eigenvalue weighted by atomic mass is 10.1. The van der Waals surface area contributed by atoms with Gasteiger partial charge in [-0.15, -0.1) is 0 Å². The Morgan fingerprint density at radius 1 is 1.09 bits per heavy atom. The summed E-state index contributed by atoms with van der Waals surface area (Å²) in [4.78, 5) is 3.94. The van der Waals surface area contributed by atoms with E-state index in [0.29, 0.717) is 17.7 Å². The van der Waals surface area contributed by atoms with E-state index < -0.39 is 0 Å². The molecule has 0 amide bonds. The summed E-state index contributed by atoms with van der Waals surface area (Å²) in [6.07, 6.45) is 8.02. The van der Waals surface area contributed by atoms with Gasteiger partial charge in [0, 0.05) is 52.9 Å². The number of aliphatic hydroxyl groups is 1. The van der Waals surface area contributed by atoms with Crippen molar-refractivity contribution in [3.63, 3.8) is 0 Å². The summed E-state index contributed by atoms with van der Waals surface area (Å²) in [5, 5.41) is 37.8. The Bertz CT molecular complexity index is 1430. The van der Waals surface area contributed by atoms with Gasteiger partial charge in [0.15, 0.2) is 0 Å². The highest BCUT2D eigenvalue weighted by molar-refractivity contribution is 7.99. The number of benzene rings is 1. The number of aliphatic hydroxyl groups excluding tert-OH is 1. The summed E-state index contributed by atoms with van der Waals surface area (Å²) in [6, 6.07) is 14.2. The third-order valence-corrected chi connectivity index (χ3v) is 7.11. The Morgan fingerprint density at radius 3 is 2.71 bits per heavy atom. The standard InChI is InChI=1S/C25H23N7OS/c1-17(33)13-30-7-6-22(16-30)31-15-21(12-28-31)19-8-24(25-20(10-27)11-29-32(25)14-19)34-23-5-3-2-4-18(23)9-26/h2-5,8,11-12,14-15,17,22,33H,6-7,13,16H2,1H3/t17-,22+/m0/s1. The number of nitriles is 2. The quantitative estimate of drug-likeness (QED) is 0.459. The van der Waals surface area contributed by atoms with Crippen molar-refractivity contribution >= 4 is 17.3 Å². The Kier molecular flexibility index (Phi) is 6.08. The van der Waals surface area contributed by atoms with E-state index in [1.165, 1.54) is 11.8 Å². The summed E-state index contributed by atoms with van der Waals surface area (Å²) in [7, 11) is 0. The number of β-amino-alcohol motifs (C(OH)–C–C–N with tert-alkyl or cyclic N) is 1. The van der Waals surface area contributed by atoms with Gasteiger partial charge in [-0.2, -0.15) is 20.7 Å². The predicted octanol–water partition coefficient (Wildman–Crippen LogP) is 3.72. The van der Waals surface area contributed by atoms with Crippen LogP contribution in [0.2, 0.25) is 0 Å². The largest absolute Gasteiger partial charge is 0.392 e. The van der Waals surface area contributed by atoms with Crippen LogP contribution >= 0.6 is 11.8 Å². The summed E-state index contributed by atoms with van der Waals surface area (Å²) >= 11 is 1.46. The zero-order valence-corrected chi connectivity index (χ0v) is 19.5. The van der Waals surface area contributed by atoms with Crippen molar-refractivity contribution in [2.45, 2.75) is 35.3 Å². The molecule has 5 rings (SSSR count). The van der Waals surface area contributed by atoms with Gasteiger partial charge in [-0.25, -0.2) is 4.52 Å². The lowest BCUT2D eigenvalue weighted by Crippen LogP contribution is -2.29. The van der Waals surface area contributed by atoms with Crippen molar-refractivity contribution < 1.29 is 5.11 Å². The molecular weight excluding hydrogens is 446 g/mol. The first-order chi connectivity index (χ1) is 16.6. The van der Waals surface area contributed by atoms with E-state index in [0.717, 1.165) is 45.9 Å². The molecule has 3 aromatic heterocycles. The van der Waals surface area contributed by atoms with E-state index in [4.69, 9.17) is 0 Å². The molecule has 1 aromatic carbocycles. The van der Waals surface area contributed by atoms with Crippen LogP contribution in [0.5, 0.6) is 0 Å². The second-order valence-electron chi connectivity index (χ2n) is 8.53. The second-order valence-corrected chi connectivity index (χ2v) is 9.61. The molecule has 1 fully saturated rings. The smallest absolute Gasteiger partial charge is 0.103 e. The first-order valence-corrected chi connectivity index (χ1v) is 11.9. The fourth-order valence-corrected chi connectivity index (χ4v) is 5.52. The van der Waals surface area contributed by atoms with Gasteiger partial charge in [-0.3, -0.25) is 9.58 Å². The highest BCUT2D eigenvalue weighted by atomic mass is 32.2. The Balaban J connectivity index is 1.50. The molecule has 0 spiro atoms. The first-order valence-electron chi connectivity index (χ1n) is 11.1. The lowest BCUT2D eigenvalue weighted by Gasteiger charge is -2.17.